The van der Waals surface area contributed by atoms with E-state index in [-0.39, 0.29) is 41.3 Å². The minimum atomic E-state index is -0.828. The quantitative estimate of drug-likeness (QED) is 0.0750. The van der Waals surface area contributed by atoms with Crippen molar-refractivity contribution in [2.24, 2.45) is 5.84 Å². The monoisotopic (exact) mass is 552 g/mol. The molecule has 4 heterocycles. The van der Waals surface area contributed by atoms with Gasteiger partial charge >= 0.3 is 0 Å². The van der Waals surface area contributed by atoms with Gasteiger partial charge in [-0.25, -0.2) is 14.4 Å². The highest BCUT2D eigenvalue weighted by Crippen LogP contribution is 2.27. The van der Waals surface area contributed by atoms with Crippen molar-refractivity contribution in [1.29, 1.82) is 0 Å². The summed E-state index contributed by atoms with van der Waals surface area (Å²) in [6.07, 6.45) is 7.58. The number of hydrazine groups is 1. The molecule has 0 radical (unpaired) electrons. The van der Waals surface area contributed by atoms with Gasteiger partial charge in [-0.2, -0.15) is 0 Å². The number of fused-ring (bicyclic) bond motifs is 1. The summed E-state index contributed by atoms with van der Waals surface area (Å²) in [5, 5.41) is 5.73. The zero-order chi connectivity index (χ0) is 28.6. The molecule has 40 heavy (non-hydrogen) atoms. The number of rotatable bonds is 11. The van der Waals surface area contributed by atoms with E-state index in [0.717, 1.165) is 19.2 Å². The van der Waals surface area contributed by atoms with Gasteiger partial charge in [0.1, 0.15) is 5.82 Å². The van der Waals surface area contributed by atoms with Crippen molar-refractivity contribution in [3.63, 3.8) is 0 Å². The number of H-pyrrole nitrogens is 1. The highest BCUT2D eigenvalue weighted by Gasteiger charge is 2.31. The fourth-order valence-corrected chi connectivity index (χ4v) is 4.46. The molecule has 0 bridgehead atoms. The number of piperazine rings is 1. The van der Waals surface area contributed by atoms with Crippen LogP contribution in [0.25, 0.3) is 10.9 Å². The van der Waals surface area contributed by atoms with Crippen LogP contribution in [-0.4, -0.2) is 95.7 Å². The highest BCUT2D eigenvalue weighted by atomic mass is 19.1. The Bertz CT molecular complexity index is 1400. The Morgan fingerprint density at radius 1 is 1.15 bits per heavy atom. The second kappa shape index (κ2) is 13.0. The van der Waals surface area contributed by atoms with E-state index in [4.69, 9.17) is 5.84 Å². The number of anilines is 2. The van der Waals surface area contributed by atoms with Crippen LogP contribution in [0.5, 0.6) is 0 Å². The van der Waals surface area contributed by atoms with Crippen LogP contribution in [0.1, 0.15) is 27.1 Å². The fourth-order valence-electron chi connectivity index (χ4n) is 4.46. The Kier molecular flexibility index (Phi) is 9.24. The Labute approximate surface area is 230 Å². The number of nitrogens with zero attached hydrogens (tertiary/aromatic N) is 5. The molecular weight excluding hydrogens is 519 g/mol. The third-order valence-corrected chi connectivity index (χ3v) is 6.47. The van der Waals surface area contributed by atoms with Crippen molar-refractivity contribution < 1.29 is 18.8 Å². The number of aromatic nitrogens is 3. The summed E-state index contributed by atoms with van der Waals surface area (Å²) in [6, 6.07) is 3.43. The molecule has 0 aromatic carbocycles. The lowest BCUT2D eigenvalue weighted by molar-refractivity contribution is -0.126. The summed E-state index contributed by atoms with van der Waals surface area (Å²) in [6.45, 7) is 2.62. The van der Waals surface area contributed by atoms with Gasteiger partial charge in [-0.05, 0) is 39.2 Å². The van der Waals surface area contributed by atoms with Crippen LogP contribution in [0.15, 0.2) is 43.1 Å². The van der Waals surface area contributed by atoms with Crippen LogP contribution in [0.2, 0.25) is 0 Å². The molecule has 1 aliphatic rings. The van der Waals surface area contributed by atoms with Crippen LogP contribution in [0.3, 0.4) is 0 Å². The molecule has 3 aromatic rings. The van der Waals surface area contributed by atoms with Gasteiger partial charge in [-0.3, -0.25) is 20.2 Å². The van der Waals surface area contributed by atoms with Gasteiger partial charge < -0.3 is 35.7 Å². The Hall–Kier alpha value is -4.56. The van der Waals surface area contributed by atoms with Crippen molar-refractivity contribution >= 4 is 40.1 Å². The number of carbonyl (C=O) groups excluding carboxylic acids is 3. The number of Topliss-reactive ketones (excluding diaryl/α,β-unsaturated/α-hetero) is 1. The molecule has 2 amide bonds. The molecule has 6 N–H and O–H groups in total. The van der Waals surface area contributed by atoms with Crippen molar-refractivity contribution in [2.75, 3.05) is 63.6 Å². The first-order chi connectivity index (χ1) is 19.3. The SMILES string of the molecule is CN(C)CCCNC(=O)c1cccnc1N1CCN(C(=O)C(=O)c2c[nH]c3c(N/C=C\NN)ncc(F)c23)CC1. The molecule has 1 fully saturated rings. The zero-order valence-corrected chi connectivity index (χ0v) is 22.4. The summed E-state index contributed by atoms with van der Waals surface area (Å²) in [5.41, 5.74) is 2.93. The molecular formula is C26H33FN10O3. The van der Waals surface area contributed by atoms with Crippen molar-refractivity contribution in [1.82, 2.24) is 35.5 Å². The maximum absolute atomic E-state index is 14.7. The molecule has 3 aromatic heterocycles. The van der Waals surface area contributed by atoms with Crippen LogP contribution in [0.4, 0.5) is 16.0 Å². The van der Waals surface area contributed by atoms with E-state index < -0.39 is 17.5 Å². The van der Waals surface area contributed by atoms with Crippen molar-refractivity contribution in [3.8, 4) is 0 Å². The van der Waals surface area contributed by atoms with Crippen LogP contribution in [-0.2, 0) is 4.79 Å². The van der Waals surface area contributed by atoms with Gasteiger partial charge in [0.2, 0.25) is 0 Å². The molecule has 212 valence electrons. The lowest BCUT2D eigenvalue weighted by atomic mass is 10.1. The van der Waals surface area contributed by atoms with Crippen LogP contribution < -0.4 is 26.8 Å². The van der Waals surface area contributed by atoms with Gasteiger partial charge in [0.15, 0.2) is 11.6 Å². The number of carbonyl (C=O) groups is 3. The van der Waals surface area contributed by atoms with Crippen LogP contribution >= 0.6 is 0 Å². The van der Waals surface area contributed by atoms with Crippen LogP contribution in [0, 0.1) is 5.82 Å². The number of halogens is 1. The average molecular weight is 553 g/mol. The predicted molar refractivity (Wildman–Crippen MR) is 149 cm³/mol. The molecule has 1 aliphatic heterocycles. The number of nitrogens with two attached hydrogens (primary N) is 1. The predicted octanol–water partition coefficient (Wildman–Crippen LogP) is 0.656. The third-order valence-electron chi connectivity index (χ3n) is 6.47. The second-order valence-corrected chi connectivity index (χ2v) is 9.45. The number of hydrogen-bond acceptors (Lipinski definition) is 10. The van der Waals surface area contributed by atoms with Gasteiger partial charge in [-0.1, -0.05) is 0 Å². The number of hydrogen-bond donors (Lipinski definition) is 5. The largest absolute Gasteiger partial charge is 0.357 e. The summed E-state index contributed by atoms with van der Waals surface area (Å²) in [5.74, 6) is 3.47. The maximum atomic E-state index is 14.7. The number of pyridine rings is 2. The lowest BCUT2D eigenvalue weighted by Crippen LogP contribution is -2.51. The smallest absolute Gasteiger partial charge is 0.295 e. The van der Waals surface area contributed by atoms with Gasteiger partial charge in [0, 0.05) is 57.5 Å². The summed E-state index contributed by atoms with van der Waals surface area (Å²) >= 11 is 0. The third kappa shape index (κ3) is 6.35. The normalized spacial score (nSPS) is 13.7. The Balaban J connectivity index is 1.42. The second-order valence-electron chi connectivity index (χ2n) is 9.45. The summed E-state index contributed by atoms with van der Waals surface area (Å²) < 4.78 is 14.7. The zero-order valence-electron chi connectivity index (χ0n) is 22.4. The van der Waals surface area contributed by atoms with E-state index in [1.54, 1.807) is 18.3 Å². The molecule has 0 aliphatic carbocycles. The molecule has 0 spiro atoms. The summed E-state index contributed by atoms with van der Waals surface area (Å²) in [7, 11) is 3.95. The van der Waals surface area contributed by atoms with Gasteiger partial charge in [-0.15, -0.1) is 0 Å². The summed E-state index contributed by atoms with van der Waals surface area (Å²) in [4.78, 5) is 55.7. The Morgan fingerprint density at radius 3 is 2.65 bits per heavy atom. The molecule has 4 rings (SSSR count). The molecule has 1 saturated heterocycles. The maximum Gasteiger partial charge on any atom is 0.295 e. The van der Waals surface area contributed by atoms with Crippen molar-refractivity contribution in [3.05, 3.63) is 60.1 Å². The van der Waals surface area contributed by atoms with E-state index in [2.05, 4.69) is 31.0 Å². The molecule has 13 nitrogen and oxygen atoms in total. The topological polar surface area (TPSA) is 165 Å². The fraction of sp³-hybridized carbons (Fsp3) is 0.346. The lowest BCUT2D eigenvalue weighted by Gasteiger charge is -2.35. The minimum absolute atomic E-state index is 0.0293. The first kappa shape index (κ1) is 28.4. The van der Waals surface area contributed by atoms with Gasteiger partial charge in [0.05, 0.1) is 28.2 Å². The number of nitrogens with one attached hydrogen (secondary N) is 4. The average Bonchev–Trinajstić information content (AvgIpc) is 3.42. The molecule has 0 saturated carbocycles. The first-order valence-corrected chi connectivity index (χ1v) is 12.8. The van der Waals surface area contributed by atoms with E-state index in [1.165, 1.54) is 23.5 Å². The Morgan fingerprint density at radius 2 is 1.93 bits per heavy atom. The van der Waals surface area contributed by atoms with E-state index in [9.17, 15) is 18.8 Å². The molecule has 14 heteroatoms. The van der Waals surface area contributed by atoms with Crippen molar-refractivity contribution in [2.45, 2.75) is 6.42 Å². The van der Waals surface area contributed by atoms with E-state index >= 15 is 0 Å². The standard InChI is InChI=1S/C26H33FN10O3/c1-35(2)10-4-7-31-25(39)17-5-3-6-30-24(17)36-11-13-37(14-12-36)26(40)22(38)18-15-32-21-20(18)19(27)16-33-23(21)29-8-9-34-28/h3,5-6,8-9,15-16,32,34H,4,7,10-14,28H2,1-2H3,(H,29,33)(H,31,39)/b9-8-. The van der Waals surface area contributed by atoms with E-state index in [0.29, 0.717) is 31.0 Å². The first-order valence-electron chi connectivity index (χ1n) is 12.8. The highest BCUT2D eigenvalue weighted by molar-refractivity contribution is 6.45. The molecule has 0 unspecified atom stereocenters. The minimum Gasteiger partial charge on any atom is -0.357 e. The number of amides is 2. The number of ketones is 1. The van der Waals surface area contributed by atoms with Gasteiger partial charge in [0.25, 0.3) is 17.6 Å². The number of aromatic amines is 1. The van der Waals surface area contributed by atoms with E-state index in [1.807, 2.05) is 23.9 Å². The molecule has 0 atom stereocenters.